The Labute approximate surface area is 107 Å². The van der Waals surface area contributed by atoms with Crippen LogP contribution in [0, 0.1) is 5.92 Å². The molecule has 0 bridgehead atoms. The van der Waals surface area contributed by atoms with E-state index in [1.807, 2.05) is 0 Å². The molecular weight excluding hydrogens is 254 g/mol. The highest BCUT2D eigenvalue weighted by molar-refractivity contribution is 7.89. The fourth-order valence-corrected chi connectivity index (χ4v) is 2.57. The van der Waals surface area contributed by atoms with Crippen LogP contribution < -0.4 is 4.72 Å². The maximum absolute atomic E-state index is 11.8. The monoisotopic (exact) mass is 271 g/mol. The molecule has 2 rings (SSSR count). The summed E-state index contributed by atoms with van der Waals surface area (Å²) in [6.07, 6.45) is 2.43. The number of hydrogen-bond donors (Lipinski definition) is 2. The molecule has 100 valence electrons. The lowest BCUT2D eigenvalue weighted by atomic mass is 10.3. The molecule has 0 aromatic heterocycles. The summed E-state index contributed by atoms with van der Waals surface area (Å²) >= 11 is 0. The fraction of sp³-hybridized carbons (Fsp3) is 0.500. The maximum Gasteiger partial charge on any atom is 0.240 e. The van der Waals surface area contributed by atoms with Gasteiger partial charge in [0, 0.05) is 13.2 Å². The van der Waals surface area contributed by atoms with Crippen molar-refractivity contribution in [2.24, 2.45) is 5.92 Å². The first-order chi connectivity index (χ1) is 8.58. The van der Waals surface area contributed by atoms with Crippen molar-refractivity contribution in [1.29, 1.82) is 0 Å². The average Bonchev–Trinajstić information content (AvgIpc) is 3.12. The van der Waals surface area contributed by atoms with Crippen LogP contribution in [0.25, 0.3) is 0 Å². The number of hydrogen-bond acceptors (Lipinski definition) is 4. The Morgan fingerprint density at radius 2 is 2.17 bits per heavy atom. The number of benzene rings is 1. The van der Waals surface area contributed by atoms with E-state index in [1.54, 1.807) is 0 Å². The number of ether oxygens (including phenoxy) is 1. The first-order valence-electron chi connectivity index (χ1n) is 5.94. The number of phenols is 1. The second-order valence-electron chi connectivity index (χ2n) is 4.41. The topological polar surface area (TPSA) is 75.6 Å². The third-order valence-electron chi connectivity index (χ3n) is 2.72. The molecule has 1 saturated carbocycles. The van der Waals surface area contributed by atoms with E-state index >= 15 is 0 Å². The van der Waals surface area contributed by atoms with Crippen LogP contribution in [-0.4, -0.2) is 33.3 Å². The molecule has 0 radical (unpaired) electrons. The van der Waals surface area contributed by atoms with Crippen LogP contribution in [0.3, 0.4) is 0 Å². The van der Waals surface area contributed by atoms with E-state index in [-0.39, 0.29) is 17.2 Å². The zero-order valence-corrected chi connectivity index (χ0v) is 10.8. The average molecular weight is 271 g/mol. The molecule has 0 spiro atoms. The molecule has 1 aromatic carbocycles. The van der Waals surface area contributed by atoms with Crippen molar-refractivity contribution in [1.82, 2.24) is 4.72 Å². The summed E-state index contributed by atoms with van der Waals surface area (Å²) in [7, 11) is -3.56. The standard InChI is InChI=1S/C12H17NO4S/c14-11-2-1-3-12(8-11)18(15,16)13-6-7-17-9-10-4-5-10/h1-3,8,10,13-14H,4-7,9H2. The molecule has 0 saturated heterocycles. The number of nitrogens with one attached hydrogen (secondary N) is 1. The van der Waals surface area contributed by atoms with Gasteiger partial charge in [-0.25, -0.2) is 13.1 Å². The summed E-state index contributed by atoms with van der Waals surface area (Å²) in [5.74, 6) is 0.607. The Bertz CT molecular complexity index is 497. The molecule has 2 N–H and O–H groups in total. The molecule has 1 fully saturated rings. The molecule has 0 heterocycles. The van der Waals surface area contributed by atoms with Gasteiger partial charge in [-0.15, -0.1) is 0 Å². The van der Waals surface area contributed by atoms with E-state index in [1.165, 1.54) is 37.1 Å². The smallest absolute Gasteiger partial charge is 0.240 e. The van der Waals surface area contributed by atoms with Gasteiger partial charge in [0.1, 0.15) is 5.75 Å². The minimum Gasteiger partial charge on any atom is -0.508 e. The van der Waals surface area contributed by atoms with Crippen molar-refractivity contribution < 1.29 is 18.3 Å². The van der Waals surface area contributed by atoms with Crippen LogP contribution in [0.4, 0.5) is 0 Å². The van der Waals surface area contributed by atoms with Crippen molar-refractivity contribution >= 4 is 10.0 Å². The number of aromatic hydroxyl groups is 1. The molecule has 0 aliphatic heterocycles. The highest BCUT2D eigenvalue weighted by Gasteiger charge is 2.21. The van der Waals surface area contributed by atoms with Crippen LogP contribution in [-0.2, 0) is 14.8 Å². The lowest BCUT2D eigenvalue weighted by Crippen LogP contribution is -2.27. The van der Waals surface area contributed by atoms with Crippen molar-refractivity contribution in [3.05, 3.63) is 24.3 Å². The second kappa shape index (κ2) is 5.69. The SMILES string of the molecule is O=S(=O)(NCCOCC1CC1)c1cccc(O)c1. The van der Waals surface area contributed by atoms with Gasteiger partial charge in [0.2, 0.25) is 10.0 Å². The molecule has 1 aliphatic rings. The van der Waals surface area contributed by atoms with Crippen LogP contribution >= 0.6 is 0 Å². The molecule has 1 aromatic rings. The van der Waals surface area contributed by atoms with Gasteiger partial charge in [0.25, 0.3) is 0 Å². The Morgan fingerprint density at radius 1 is 1.39 bits per heavy atom. The summed E-state index contributed by atoms with van der Waals surface area (Å²) in [6.45, 7) is 1.33. The highest BCUT2D eigenvalue weighted by Crippen LogP contribution is 2.28. The van der Waals surface area contributed by atoms with Crippen molar-refractivity contribution in [2.75, 3.05) is 19.8 Å². The number of sulfonamides is 1. The second-order valence-corrected chi connectivity index (χ2v) is 6.18. The summed E-state index contributed by atoms with van der Waals surface area (Å²) in [5, 5.41) is 9.24. The van der Waals surface area contributed by atoms with Gasteiger partial charge in [-0.2, -0.15) is 0 Å². The molecular formula is C12H17NO4S. The summed E-state index contributed by atoms with van der Waals surface area (Å²) < 4.78 is 31.4. The normalized spacial score (nSPS) is 15.8. The Kier molecular flexibility index (Phi) is 4.21. The molecule has 0 amide bonds. The molecule has 0 unspecified atom stereocenters. The van der Waals surface area contributed by atoms with Gasteiger partial charge in [0.05, 0.1) is 11.5 Å². The van der Waals surface area contributed by atoms with Crippen molar-refractivity contribution in [3.63, 3.8) is 0 Å². The first-order valence-corrected chi connectivity index (χ1v) is 7.43. The Balaban J connectivity index is 1.79. The Hall–Kier alpha value is -1.11. The molecule has 5 nitrogen and oxygen atoms in total. The number of phenolic OH excluding ortho intramolecular Hbond substituents is 1. The third kappa shape index (κ3) is 3.97. The van der Waals surface area contributed by atoms with Crippen molar-refractivity contribution in [2.45, 2.75) is 17.7 Å². The predicted molar refractivity (Wildman–Crippen MR) is 66.8 cm³/mol. The van der Waals surface area contributed by atoms with Crippen molar-refractivity contribution in [3.8, 4) is 5.75 Å². The van der Waals surface area contributed by atoms with Crippen LogP contribution in [0.2, 0.25) is 0 Å². The van der Waals surface area contributed by atoms with E-state index in [2.05, 4.69) is 4.72 Å². The van der Waals surface area contributed by atoms with E-state index in [0.717, 1.165) is 0 Å². The molecule has 18 heavy (non-hydrogen) atoms. The lowest BCUT2D eigenvalue weighted by molar-refractivity contribution is 0.129. The molecule has 0 atom stereocenters. The summed E-state index contributed by atoms with van der Waals surface area (Å²) in [4.78, 5) is 0.0599. The number of rotatable bonds is 7. The lowest BCUT2D eigenvalue weighted by Gasteiger charge is -2.07. The largest absolute Gasteiger partial charge is 0.508 e. The zero-order chi connectivity index (χ0) is 13.0. The van der Waals surface area contributed by atoms with Gasteiger partial charge < -0.3 is 9.84 Å². The zero-order valence-electron chi connectivity index (χ0n) is 10.0. The van der Waals surface area contributed by atoms with Gasteiger partial charge in [-0.1, -0.05) is 6.07 Å². The molecule has 6 heteroatoms. The quantitative estimate of drug-likeness (QED) is 0.728. The summed E-state index contributed by atoms with van der Waals surface area (Å²) in [5.41, 5.74) is 0. The van der Waals surface area contributed by atoms with Gasteiger partial charge >= 0.3 is 0 Å². The van der Waals surface area contributed by atoms with E-state index in [9.17, 15) is 13.5 Å². The predicted octanol–water partition coefficient (Wildman–Crippen LogP) is 1.10. The highest BCUT2D eigenvalue weighted by atomic mass is 32.2. The fourth-order valence-electron chi connectivity index (χ4n) is 1.52. The third-order valence-corrected chi connectivity index (χ3v) is 4.18. The first kappa shape index (κ1) is 13.3. The van der Waals surface area contributed by atoms with E-state index < -0.39 is 10.0 Å². The van der Waals surface area contributed by atoms with E-state index in [0.29, 0.717) is 19.1 Å². The van der Waals surface area contributed by atoms with Gasteiger partial charge in [-0.05, 0) is 37.0 Å². The summed E-state index contributed by atoms with van der Waals surface area (Å²) in [6, 6.07) is 5.58. The van der Waals surface area contributed by atoms with Crippen LogP contribution in [0.1, 0.15) is 12.8 Å². The molecule has 1 aliphatic carbocycles. The van der Waals surface area contributed by atoms with Crippen LogP contribution in [0.15, 0.2) is 29.2 Å². The van der Waals surface area contributed by atoms with E-state index in [4.69, 9.17) is 4.74 Å². The maximum atomic E-state index is 11.8. The van der Waals surface area contributed by atoms with Crippen LogP contribution in [0.5, 0.6) is 5.75 Å². The minimum atomic E-state index is -3.56. The minimum absolute atomic E-state index is 0.0599. The Morgan fingerprint density at radius 3 is 2.83 bits per heavy atom. The van der Waals surface area contributed by atoms with Gasteiger partial charge in [0.15, 0.2) is 0 Å². The van der Waals surface area contributed by atoms with Gasteiger partial charge in [-0.3, -0.25) is 0 Å².